The molecule has 1 heterocycles. The van der Waals surface area contributed by atoms with Crippen LogP contribution in [0.15, 0.2) is 71.9 Å². The van der Waals surface area contributed by atoms with E-state index in [2.05, 4.69) is 10.3 Å². The lowest BCUT2D eigenvalue weighted by molar-refractivity contribution is 0.0950. The monoisotopic (exact) mass is 398 g/mol. The van der Waals surface area contributed by atoms with E-state index in [1.165, 1.54) is 24.3 Å². The number of hydrogen-bond donors (Lipinski definition) is 1. The number of nitrogens with zero attached hydrogens (tertiary/aromatic N) is 1. The van der Waals surface area contributed by atoms with E-state index in [1.54, 1.807) is 30.6 Å². The zero-order chi connectivity index (χ0) is 20.1. The van der Waals surface area contributed by atoms with Crippen molar-refractivity contribution in [2.24, 2.45) is 0 Å². The highest BCUT2D eigenvalue weighted by atomic mass is 32.2. The zero-order valence-electron chi connectivity index (χ0n) is 15.2. The molecule has 1 amide bonds. The van der Waals surface area contributed by atoms with Crippen LogP contribution in [0, 0.1) is 12.7 Å². The Morgan fingerprint density at radius 2 is 1.86 bits per heavy atom. The van der Waals surface area contributed by atoms with Gasteiger partial charge in [0.25, 0.3) is 5.91 Å². The van der Waals surface area contributed by atoms with Crippen molar-refractivity contribution in [3.8, 4) is 0 Å². The van der Waals surface area contributed by atoms with Gasteiger partial charge in [-0.2, -0.15) is 0 Å². The van der Waals surface area contributed by atoms with Crippen molar-refractivity contribution < 1.29 is 17.6 Å². The number of nitrogens with one attached hydrogen (secondary N) is 1. The standard InChI is InChI=1S/C21H19FN2O3S/c1-15-4-7-19(8-5-15)28(26,27)14-18-11-17(6-9-20(18)22)21(25)24-13-16-3-2-10-23-12-16/h2-12H,13-14H2,1H3,(H,24,25). The third kappa shape index (κ3) is 4.80. The molecule has 7 heteroatoms. The Balaban J connectivity index is 1.77. The quantitative estimate of drug-likeness (QED) is 0.690. The summed E-state index contributed by atoms with van der Waals surface area (Å²) >= 11 is 0. The number of carbonyl (C=O) groups excluding carboxylic acids is 1. The van der Waals surface area contributed by atoms with Gasteiger partial charge in [-0.1, -0.05) is 23.8 Å². The lowest BCUT2D eigenvalue weighted by Crippen LogP contribution is -2.23. The molecule has 1 aromatic heterocycles. The molecular formula is C21H19FN2O3S. The van der Waals surface area contributed by atoms with Crippen LogP contribution in [0.25, 0.3) is 0 Å². The summed E-state index contributed by atoms with van der Waals surface area (Å²) in [7, 11) is -3.73. The number of benzene rings is 2. The van der Waals surface area contributed by atoms with Gasteiger partial charge in [0.15, 0.2) is 9.84 Å². The first kappa shape index (κ1) is 19.7. The number of hydrogen-bond acceptors (Lipinski definition) is 4. The molecule has 0 saturated carbocycles. The van der Waals surface area contributed by atoms with Gasteiger partial charge in [0, 0.05) is 30.1 Å². The Labute approximate surface area is 163 Å². The number of sulfone groups is 1. The van der Waals surface area contributed by atoms with Crippen molar-refractivity contribution in [3.05, 3.63) is 95.1 Å². The van der Waals surface area contributed by atoms with Gasteiger partial charge < -0.3 is 5.32 Å². The molecule has 0 saturated heterocycles. The van der Waals surface area contributed by atoms with E-state index in [9.17, 15) is 17.6 Å². The van der Waals surface area contributed by atoms with E-state index < -0.39 is 27.3 Å². The maximum atomic E-state index is 14.2. The molecule has 1 N–H and O–H groups in total. The lowest BCUT2D eigenvalue weighted by atomic mass is 10.1. The van der Waals surface area contributed by atoms with E-state index in [4.69, 9.17) is 0 Å². The van der Waals surface area contributed by atoms with Gasteiger partial charge in [-0.25, -0.2) is 12.8 Å². The van der Waals surface area contributed by atoms with Gasteiger partial charge in [0.1, 0.15) is 5.82 Å². The molecule has 3 rings (SSSR count). The van der Waals surface area contributed by atoms with Crippen molar-refractivity contribution in [2.45, 2.75) is 24.1 Å². The van der Waals surface area contributed by atoms with Crippen LogP contribution in [0.4, 0.5) is 4.39 Å². The van der Waals surface area contributed by atoms with Gasteiger partial charge >= 0.3 is 0 Å². The van der Waals surface area contributed by atoms with Crippen molar-refractivity contribution in [1.29, 1.82) is 0 Å². The SMILES string of the molecule is Cc1ccc(S(=O)(=O)Cc2cc(C(=O)NCc3cccnc3)ccc2F)cc1. The number of aromatic nitrogens is 1. The fourth-order valence-corrected chi connectivity index (χ4v) is 4.00. The predicted octanol–water partition coefficient (Wildman–Crippen LogP) is 3.43. The molecule has 0 aliphatic carbocycles. The fourth-order valence-electron chi connectivity index (χ4n) is 2.65. The second-order valence-electron chi connectivity index (χ2n) is 6.42. The summed E-state index contributed by atoms with van der Waals surface area (Å²) in [6.45, 7) is 2.12. The molecular weight excluding hydrogens is 379 g/mol. The first-order valence-corrected chi connectivity index (χ1v) is 10.3. The van der Waals surface area contributed by atoms with Crippen molar-refractivity contribution >= 4 is 15.7 Å². The third-order valence-electron chi connectivity index (χ3n) is 4.21. The van der Waals surface area contributed by atoms with Crippen molar-refractivity contribution in [1.82, 2.24) is 10.3 Å². The molecule has 5 nitrogen and oxygen atoms in total. The molecule has 0 atom stereocenters. The van der Waals surface area contributed by atoms with Crippen LogP contribution in [0.2, 0.25) is 0 Å². The summed E-state index contributed by atoms with van der Waals surface area (Å²) in [5.74, 6) is -1.61. The molecule has 144 valence electrons. The van der Waals surface area contributed by atoms with E-state index in [0.717, 1.165) is 17.2 Å². The number of rotatable bonds is 6. The highest BCUT2D eigenvalue weighted by Gasteiger charge is 2.19. The second-order valence-corrected chi connectivity index (χ2v) is 8.41. The van der Waals surface area contributed by atoms with Gasteiger partial charge in [-0.15, -0.1) is 0 Å². The van der Waals surface area contributed by atoms with Crippen LogP contribution in [0.5, 0.6) is 0 Å². The maximum Gasteiger partial charge on any atom is 0.251 e. The minimum absolute atomic E-state index is 0.0467. The minimum atomic E-state index is -3.73. The van der Waals surface area contributed by atoms with Crippen LogP contribution in [-0.4, -0.2) is 19.3 Å². The highest BCUT2D eigenvalue weighted by molar-refractivity contribution is 7.90. The number of amides is 1. The summed E-state index contributed by atoms with van der Waals surface area (Å²) in [6.07, 6.45) is 3.26. The number of carbonyl (C=O) groups is 1. The first-order valence-electron chi connectivity index (χ1n) is 8.60. The van der Waals surface area contributed by atoms with Crippen LogP contribution in [0.3, 0.4) is 0 Å². The summed E-state index contributed by atoms with van der Waals surface area (Å²) in [4.78, 5) is 16.4. The van der Waals surface area contributed by atoms with Gasteiger partial charge in [0.2, 0.25) is 0 Å². The first-order chi connectivity index (χ1) is 13.3. The minimum Gasteiger partial charge on any atom is -0.348 e. The summed E-state index contributed by atoms with van der Waals surface area (Å²) in [5.41, 5.74) is 1.89. The summed E-state index contributed by atoms with van der Waals surface area (Å²) in [5, 5.41) is 2.71. The van der Waals surface area contributed by atoms with Gasteiger partial charge in [0.05, 0.1) is 10.6 Å². The largest absolute Gasteiger partial charge is 0.348 e. The molecule has 0 radical (unpaired) electrons. The molecule has 0 aliphatic rings. The van der Waals surface area contributed by atoms with Gasteiger partial charge in [-0.05, 0) is 48.9 Å². The topological polar surface area (TPSA) is 76.1 Å². The van der Waals surface area contributed by atoms with E-state index in [-0.39, 0.29) is 22.6 Å². The molecule has 0 fully saturated rings. The Hall–Kier alpha value is -3.06. The third-order valence-corrected chi connectivity index (χ3v) is 5.89. The number of halogens is 1. The molecule has 3 aromatic rings. The summed E-state index contributed by atoms with van der Waals surface area (Å²) in [6, 6.07) is 13.6. The Kier molecular flexibility index (Phi) is 5.84. The number of pyridine rings is 1. The maximum absolute atomic E-state index is 14.2. The zero-order valence-corrected chi connectivity index (χ0v) is 16.0. The molecule has 0 spiro atoms. The van der Waals surface area contributed by atoms with Crippen molar-refractivity contribution in [2.75, 3.05) is 0 Å². The Morgan fingerprint density at radius 3 is 2.54 bits per heavy atom. The van der Waals surface area contributed by atoms with E-state index in [0.29, 0.717) is 0 Å². The second kappa shape index (κ2) is 8.31. The normalized spacial score (nSPS) is 11.2. The average molecular weight is 398 g/mol. The van der Waals surface area contributed by atoms with E-state index >= 15 is 0 Å². The fraction of sp³-hybridized carbons (Fsp3) is 0.143. The van der Waals surface area contributed by atoms with E-state index in [1.807, 2.05) is 13.0 Å². The van der Waals surface area contributed by atoms with Crippen LogP contribution >= 0.6 is 0 Å². The molecule has 0 aliphatic heterocycles. The predicted molar refractivity (Wildman–Crippen MR) is 104 cm³/mol. The van der Waals surface area contributed by atoms with Crippen LogP contribution < -0.4 is 5.32 Å². The number of aryl methyl sites for hydroxylation is 1. The molecule has 0 bridgehead atoms. The van der Waals surface area contributed by atoms with Crippen molar-refractivity contribution in [3.63, 3.8) is 0 Å². The highest BCUT2D eigenvalue weighted by Crippen LogP contribution is 2.20. The Bertz CT molecular complexity index is 1080. The van der Waals surface area contributed by atoms with Crippen LogP contribution in [-0.2, 0) is 22.1 Å². The van der Waals surface area contributed by atoms with Crippen LogP contribution in [0.1, 0.15) is 27.0 Å². The Morgan fingerprint density at radius 1 is 1.11 bits per heavy atom. The lowest BCUT2D eigenvalue weighted by Gasteiger charge is -2.09. The van der Waals surface area contributed by atoms with Gasteiger partial charge in [-0.3, -0.25) is 9.78 Å². The average Bonchev–Trinajstić information content (AvgIpc) is 2.69. The smallest absolute Gasteiger partial charge is 0.251 e. The summed E-state index contributed by atoms with van der Waals surface area (Å²) < 4.78 is 39.4. The molecule has 2 aromatic carbocycles. The molecule has 0 unspecified atom stereocenters. The molecule has 28 heavy (non-hydrogen) atoms.